The Labute approximate surface area is 167 Å². The average Bonchev–Trinajstić information content (AvgIpc) is 2.68. The van der Waals surface area contributed by atoms with Gasteiger partial charge in [0, 0.05) is 38.0 Å². The molecule has 7 nitrogen and oxygen atoms in total. The van der Waals surface area contributed by atoms with Crippen LogP contribution in [0.25, 0.3) is 0 Å². The summed E-state index contributed by atoms with van der Waals surface area (Å²) in [6, 6.07) is 3.67. The molecular formula is C20H23F2N5O2. The number of hydrogen-bond donors (Lipinski definition) is 1. The maximum atomic E-state index is 13.3. The Bertz CT molecular complexity index is 920. The number of ether oxygens (including phenoxy) is 1. The number of amides is 1. The second-order valence-electron chi connectivity index (χ2n) is 7.18. The minimum Gasteiger partial charge on any atom is -0.490 e. The zero-order valence-corrected chi connectivity index (χ0v) is 16.4. The molecule has 0 atom stereocenters. The van der Waals surface area contributed by atoms with Gasteiger partial charge in [-0.3, -0.25) is 4.79 Å². The largest absolute Gasteiger partial charge is 0.490 e. The lowest BCUT2D eigenvalue weighted by atomic mass is 9.89. The maximum absolute atomic E-state index is 13.3. The van der Waals surface area contributed by atoms with Crippen LogP contribution in [0.1, 0.15) is 26.7 Å². The van der Waals surface area contributed by atoms with Crippen molar-refractivity contribution in [2.75, 3.05) is 34.8 Å². The number of anilines is 3. The van der Waals surface area contributed by atoms with Crippen LogP contribution in [0.5, 0.6) is 5.75 Å². The molecular weight excluding hydrogens is 380 g/mol. The molecule has 9 heteroatoms. The fourth-order valence-electron chi connectivity index (χ4n) is 3.63. The van der Waals surface area contributed by atoms with E-state index in [4.69, 9.17) is 4.74 Å². The van der Waals surface area contributed by atoms with Gasteiger partial charge in [-0.15, -0.1) is 0 Å². The van der Waals surface area contributed by atoms with Crippen LogP contribution in [0.4, 0.5) is 26.2 Å². The number of halogens is 2. The highest BCUT2D eigenvalue weighted by molar-refractivity contribution is 6.02. The molecule has 2 aromatic rings. The predicted molar refractivity (Wildman–Crippen MR) is 105 cm³/mol. The third-order valence-electron chi connectivity index (χ3n) is 5.29. The van der Waals surface area contributed by atoms with E-state index in [2.05, 4.69) is 15.3 Å². The number of nitrogens with one attached hydrogen (secondary N) is 1. The van der Waals surface area contributed by atoms with Crippen LogP contribution in [-0.4, -0.2) is 47.7 Å². The lowest BCUT2D eigenvalue weighted by molar-refractivity contribution is -0.117. The van der Waals surface area contributed by atoms with Crippen LogP contribution in [0.3, 0.4) is 0 Å². The number of rotatable bonds is 6. The third kappa shape index (κ3) is 3.81. The molecule has 0 radical (unpaired) electrons. The van der Waals surface area contributed by atoms with Crippen molar-refractivity contribution in [1.29, 1.82) is 0 Å². The monoisotopic (exact) mass is 403 g/mol. The van der Waals surface area contributed by atoms with Gasteiger partial charge in [-0.2, -0.15) is 4.98 Å². The lowest BCUT2D eigenvalue weighted by Crippen LogP contribution is -2.46. The van der Waals surface area contributed by atoms with Gasteiger partial charge >= 0.3 is 0 Å². The van der Waals surface area contributed by atoms with Gasteiger partial charge in [0.1, 0.15) is 17.5 Å². The number of hydrogen-bond acceptors (Lipinski definition) is 6. The third-order valence-corrected chi connectivity index (χ3v) is 5.29. The summed E-state index contributed by atoms with van der Waals surface area (Å²) in [6.45, 7) is 5.48. The Balaban J connectivity index is 1.39. The second-order valence-corrected chi connectivity index (χ2v) is 7.18. The minimum atomic E-state index is -0.918. The molecule has 0 unspecified atom stereocenters. The van der Waals surface area contributed by atoms with Crippen LogP contribution >= 0.6 is 0 Å². The van der Waals surface area contributed by atoms with Crippen molar-refractivity contribution in [3.8, 4) is 5.75 Å². The summed E-state index contributed by atoms with van der Waals surface area (Å²) in [7, 11) is 0. The normalized spacial score (nSPS) is 20.9. The average molecular weight is 403 g/mol. The molecule has 1 aromatic heterocycles. The Morgan fingerprint density at radius 1 is 1.21 bits per heavy atom. The number of carbonyl (C=O) groups is 1. The Kier molecular flexibility index (Phi) is 5.21. The maximum Gasteiger partial charge on any atom is 0.246 e. The van der Waals surface area contributed by atoms with E-state index in [1.54, 1.807) is 11.1 Å². The fourth-order valence-corrected chi connectivity index (χ4v) is 3.63. The van der Waals surface area contributed by atoms with Gasteiger partial charge in [0.15, 0.2) is 17.5 Å². The molecule has 1 aliphatic carbocycles. The van der Waals surface area contributed by atoms with Crippen LogP contribution in [-0.2, 0) is 4.79 Å². The summed E-state index contributed by atoms with van der Waals surface area (Å²) in [5.41, 5.74) is 0.726. The van der Waals surface area contributed by atoms with Crippen molar-refractivity contribution >= 4 is 23.4 Å². The first kappa shape index (κ1) is 19.4. The standard InChI is InChI=1S/C20H23F2N5O2/c1-3-26-11-18(28)27(4-2)17-10-23-20(25-19(17)26)24-12-7-14(8-12)29-13-5-6-15(21)16(22)9-13/h5-6,9-10,12,14H,3-4,7-8,11H2,1-2H3,(H,23,24,25)/t12-,14-. The first-order chi connectivity index (χ1) is 14.0. The summed E-state index contributed by atoms with van der Waals surface area (Å²) in [4.78, 5) is 24.9. The van der Waals surface area contributed by atoms with E-state index in [9.17, 15) is 13.6 Å². The molecule has 29 heavy (non-hydrogen) atoms. The predicted octanol–water partition coefficient (Wildman–Crippen LogP) is 2.97. The molecule has 0 saturated heterocycles. The van der Waals surface area contributed by atoms with Gasteiger partial charge in [0.05, 0.1) is 12.7 Å². The fraction of sp³-hybridized carbons (Fsp3) is 0.450. The van der Waals surface area contributed by atoms with Gasteiger partial charge < -0.3 is 19.9 Å². The van der Waals surface area contributed by atoms with Crippen molar-refractivity contribution in [2.24, 2.45) is 0 Å². The molecule has 1 aliphatic heterocycles. The van der Waals surface area contributed by atoms with Gasteiger partial charge in [-0.05, 0) is 26.0 Å². The second kappa shape index (κ2) is 7.81. The first-order valence-corrected chi connectivity index (χ1v) is 9.79. The van der Waals surface area contributed by atoms with Crippen molar-refractivity contribution in [3.63, 3.8) is 0 Å². The Morgan fingerprint density at radius 3 is 2.69 bits per heavy atom. The van der Waals surface area contributed by atoms with E-state index in [0.717, 1.165) is 23.6 Å². The van der Waals surface area contributed by atoms with E-state index in [0.29, 0.717) is 44.2 Å². The molecule has 2 aliphatic rings. The summed E-state index contributed by atoms with van der Waals surface area (Å²) in [6.07, 6.45) is 3.02. The Hall–Kier alpha value is -2.97. The molecule has 1 aromatic carbocycles. The highest BCUT2D eigenvalue weighted by Gasteiger charge is 2.33. The molecule has 2 heterocycles. The van der Waals surface area contributed by atoms with Crippen LogP contribution in [0.2, 0.25) is 0 Å². The smallest absolute Gasteiger partial charge is 0.246 e. The number of carbonyl (C=O) groups excluding carboxylic acids is 1. The molecule has 1 fully saturated rings. The van der Waals surface area contributed by atoms with Crippen molar-refractivity contribution in [2.45, 2.75) is 38.8 Å². The summed E-state index contributed by atoms with van der Waals surface area (Å²) in [5.74, 6) is -0.189. The summed E-state index contributed by atoms with van der Waals surface area (Å²) in [5, 5.41) is 3.29. The molecule has 154 valence electrons. The number of nitrogens with zero attached hydrogens (tertiary/aromatic N) is 4. The minimum absolute atomic E-state index is 0.0439. The van der Waals surface area contributed by atoms with Crippen LogP contribution < -0.4 is 19.9 Å². The quantitative estimate of drug-likeness (QED) is 0.800. The number of aromatic nitrogens is 2. The van der Waals surface area contributed by atoms with Crippen molar-refractivity contribution in [3.05, 3.63) is 36.0 Å². The van der Waals surface area contributed by atoms with Gasteiger partial charge in [-0.25, -0.2) is 13.8 Å². The van der Waals surface area contributed by atoms with E-state index in [-0.39, 0.29) is 18.1 Å². The topological polar surface area (TPSA) is 70.6 Å². The van der Waals surface area contributed by atoms with E-state index < -0.39 is 11.6 Å². The van der Waals surface area contributed by atoms with Crippen molar-refractivity contribution in [1.82, 2.24) is 9.97 Å². The number of likely N-dealkylation sites (N-methyl/N-ethyl adjacent to an activating group) is 2. The highest BCUT2D eigenvalue weighted by atomic mass is 19.2. The van der Waals surface area contributed by atoms with Gasteiger partial charge in [-0.1, -0.05) is 0 Å². The Morgan fingerprint density at radius 2 is 2.00 bits per heavy atom. The van der Waals surface area contributed by atoms with Gasteiger partial charge in [0.2, 0.25) is 11.9 Å². The molecule has 1 amide bonds. The zero-order chi connectivity index (χ0) is 20.5. The SMILES string of the molecule is CCN1CC(=O)N(CC)c2cnc(N[C@H]3C[C@H](Oc4ccc(F)c(F)c4)C3)nc21. The zero-order valence-electron chi connectivity index (χ0n) is 16.4. The van der Waals surface area contributed by atoms with E-state index in [1.807, 2.05) is 18.7 Å². The molecule has 1 N–H and O–H groups in total. The van der Waals surface area contributed by atoms with Crippen molar-refractivity contribution < 1.29 is 18.3 Å². The summed E-state index contributed by atoms with van der Waals surface area (Å²) >= 11 is 0. The van der Waals surface area contributed by atoms with Gasteiger partial charge in [0.25, 0.3) is 0 Å². The molecule has 0 bridgehead atoms. The highest BCUT2D eigenvalue weighted by Crippen LogP contribution is 2.33. The lowest BCUT2D eigenvalue weighted by Gasteiger charge is -2.37. The molecule has 0 spiro atoms. The summed E-state index contributed by atoms with van der Waals surface area (Å²) < 4.78 is 32.0. The molecule has 4 rings (SSSR count). The number of fused-ring (bicyclic) bond motifs is 1. The number of benzene rings is 1. The van der Waals surface area contributed by atoms with Crippen LogP contribution in [0.15, 0.2) is 24.4 Å². The van der Waals surface area contributed by atoms with E-state index >= 15 is 0 Å². The first-order valence-electron chi connectivity index (χ1n) is 9.79. The van der Waals surface area contributed by atoms with E-state index in [1.165, 1.54) is 6.07 Å². The van der Waals surface area contributed by atoms with Crippen LogP contribution in [0, 0.1) is 11.6 Å². The molecule has 1 saturated carbocycles.